The summed E-state index contributed by atoms with van der Waals surface area (Å²) >= 11 is 0. The Kier molecular flexibility index (Phi) is 5.78. The second-order valence-corrected chi connectivity index (χ2v) is 5.15. The number of hydrogen-bond acceptors (Lipinski definition) is 4. The minimum absolute atomic E-state index is 0.104. The SMILES string of the molecule is CC(C)CC(CN)Cc1nc(CCC(F)(F)F)no1. The third kappa shape index (κ3) is 6.56. The number of rotatable bonds is 7. The summed E-state index contributed by atoms with van der Waals surface area (Å²) in [7, 11) is 0. The highest BCUT2D eigenvalue weighted by atomic mass is 19.4. The van der Waals surface area contributed by atoms with Crippen LogP contribution in [-0.4, -0.2) is 22.9 Å². The minimum Gasteiger partial charge on any atom is -0.339 e. The molecule has 7 heteroatoms. The van der Waals surface area contributed by atoms with Gasteiger partial charge in [-0.2, -0.15) is 18.2 Å². The van der Waals surface area contributed by atoms with Crippen LogP contribution in [0.3, 0.4) is 0 Å². The lowest BCUT2D eigenvalue weighted by molar-refractivity contribution is -0.134. The van der Waals surface area contributed by atoms with Crippen molar-refractivity contribution in [3.05, 3.63) is 11.7 Å². The summed E-state index contributed by atoms with van der Waals surface area (Å²) in [6, 6.07) is 0. The molecule has 0 bridgehead atoms. The fraction of sp³-hybridized carbons (Fsp3) is 0.833. The first kappa shape index (κ1) is 15.9. The Balaban J connectivity index is 2.49. The summed E-state index contributed by atoms with van der Waals surface area (Å²) < 4.78 is 41.1. The van der Waals surface area contributed by atoms with E-state index >= 15 is 0 Å². The zero-order valence-electron chi connectivity index (χ0n) is 11.2. The first-order chi connectivity index (χ1) is 8.80. The van der Waals surface area contributed by atoms with E-state index in [0.717, 1.165) is 6.42 Å². The van der Waals surface area contributed by atoms with Gasteiger partial charge >= 0.3 is 6.18 Å². The second kappa shape index (κ2) is 6.88. The molecule has 1 atom stereocenters. The molecule has 4 nitrogen and oxygen atoms in total. The highest BCUT2D eigenvalue weighted by Crippen LogP contribution is 2.21. The van der Waals surface area contributed by atoms with Crippen molar-refractivity contribution in [2.24, 2.45) is 17.6 Å². The van der Waals surface area contributed by atoms with Crippen LogP contribution in [0.25, 0.3) is 0 Å². The van der Waals surface area contributed by atoms with Crippen LogP contribution in [0.15, 0.2) is 4.52 Å². The molecule has 1 unspecified atom stereocenters. The van der Waals surface area contributed by atoms with Gasteiger partial charge in [0.05, 0.1) is 6.42 Å². The van der Waals surface area contributed by atoms with Crippen molar-refractivity contribution in [1.29, 1.82) is 0 Å². The van der Waals surface area contributed by atoms with Crippen molar-refractivity contribution in [2.45, 2.75) is 45.7 Å². The molecule has 0 aliphatic rings. The Morgan fingerprint density at radius 2 is 2.00 bits per heavy atom. The molecule has 0 aromatic carbocycles. The zero-order chi connectivity index (χ0) is 14.5. The normalized spacial score (nSPS) is 14.1. The number of hydrogen-bond donors (Lipinski definition) is 1. The number of halogens is 3. The van der Waals surface area contributed by atoms with Gasteiger partial charge in [0.2, 0.25) is 5.89 Å². The molecule has 0 spiro atoms. The van der Waals surface area contributed by atoms with Gasteiger partial charge in [-0.25, -0.2) is 0 Å². The molecule has 0 radical (unpaired) electrons. The highest BCUT2D eigenvalue weighted by Gasteiger charge is 2.27. The predicted octanol–water partition coefficient (Wildman–Crippen LogP) is 2.73. The van der Waals surface area contributed by atoms with E-state index < -0.39 is 12.6 Å². The Labute approximate surface area is 110 Å². The van der Waals surface area contributed by atoms with E-state index in [9.17, 15) is 13.2 Å². The molecule has 1 aromatic heterocycles. The summed E-state index contributed by atoms with van der Waals surface area (Å²) in [6.45, 7) is 4.68. The van der Waals surface area contributed by atoms with Crippen LogP contribution in [0.5, 0.6) is 0 Å². The van der Waals surface area contributed by atoms with E-state index in [1.54, 1.807) is 0 Å². The Morgan fingerprint density at radius 3 is 2.53 bits per heavy atom. The van der Waals surface area contributed by atoms with Gasteiger partial charge in [0.15, 0.2) is 5.82 Å². The molecule has 0 amide bonds. The van der Waals surface area contributed by atoms with E-state index in [1.165, 1.54) is 0 Å². The fourth-order valence-corrected chi connectivity index (χ4v) is 1.90. The maximum atomic E-state index is 12.1. The minimum atomic E-state index is -4.20. The quantitative estimate of drug-likeness (QED) is 0.833. The standard InChI is InChI=1S/C12H20F3N3O/c1-8(2)5-9(7-16)6-11-17-10(18-19-11)3-4-12(13,14)15/h8-9H,3-7,16H2,1-2H3. The van der Waals surface area contributed by atoms with Crippen molar-refractivity contribution in [2.75, 3.05) is 6.54 Å². The van der Waals surface area contributed by atoms with Crippen LogP contribution in [0.2, 0.25) is 0 Å². The van der Waals surface area contributed by atoms with E-state index in [2.05, 4.69) is 24.0 Å². The van der Waals surface area contributed by atoms with E-state index in [4.69, 9.17) is 10.3 Å². The third-order valence-corrected chi connectivity index (χ3v) is 2.74. The largest absolute Gasteiger partial charge is 0.389 e. The van der Waals surface area contributed by atoms with Crippen LogP contribution in [0.4, 0.5) is 13.2 Å². The summed E-state index contributed by atoms with van der Waals surface area (Å²) in [4.78, 5) is 3.98. The molecule has 1 heterocycles. The van der Waals surface area contributed by atoms with E-state index in [1.807, 2.05) is 0 Å². The van der Waals surface area contributed by atoms with Crippen LogP contribution >= 0.6 is 0 Å². The summed E-state index contributed by atoms with van der Waals surface area (Å²) in [6.07, 6.45) is -3.93. The maximum absolute atomic E-state index is 12.1. The monoisotopic (exact) mass is 279 g/mol. The van der Waals surface area contributed by atoms with Crippen molar-refractivity contribution in [3.8, 4) is 0 Å². The van der Waals surface area contributed by atoms with Gasteiger partial charge in [0.1, 0.15) is 0 Å². The van der Waals surface area contributed by atoms with Gasteiger partial charge in [-0.05, 0) is 24.8 Å². The average molecular weight is 279 g/mol. The van der Waals surface area contributed by atoms with Crippen molar-refractivity contribution < 1.29 is 17.7 Å². The lowest BCUT2D eigenvalue weighted by Crippen LogP contribution is -2.19. The van der Waals surface area contributed by atoms with E-state index in [0.29, 0.717) is 24.8 Å². The molecule has 0 fully saturated rings. The predicted molar refractivity (Wildman–Crippen MR) is 64.4 cm³/mol. The number of aryl methyl sites for hydroxylation is 1. The Bertz CT molecular complexity index is 377. The summed E-state index contributed by atoms with van der Waals surface area (Å²) in [5.74, 6) is 1.19. The maximum Gasteiger partial charge on any atom is 0.389 e. The lowest BCUT2D eigenvalue weighted by atomic mass is 9.94. The first-order valence-corrected chi connectivity index (χ1v) is 6.38. The van der Waals surface area contributed by atoms with Gasteiger partial charge < -0.3 is 10.3 Å². The number of nitrogens with zero attached hydrogens (tertiary/aromatic N) is 2. The molecular formula is C12H20F3N3O. The average Bonchev–Trinajstić information content (AvgIpc) is 2.72. The summed E-state index contributed by atoms with van der Waals surface area (Å²) in [5, 5.41) is 3.56. The molecule has 0 saturated heterocycles. The fourth-order valence-electron chi connectivity index (χ4n) is 1.90. The molecule has 2 N–H and O–H groups in total. The van der Waals surface area contributed by atoms with Crippen molar-refractivity contribution in [1.82, 2.24) is 10.1 Å². The van der Waals surface area contributed by atoms with Gasteiger partial charge in [-0.1, -0.05) is 19.0 Å². The number of alkyl halides is 3. The molecule has 0 aliphatic heterocycles. The Morgan fingerprint density at radius 1 is 1.32 bits per heavy atom. The second-order valence-electron chi connectivity index (χ2n) is 5.15. The van der Waals surface area contributed by atoms with Gasteiger partial charge in [-0.15, -0.1) is 0 Å². The van der Waals surface area contributed by atoms with Crippen LogP contribution in [-0.2, 0) is 12.8 Å². The van der Waals surface area contributed by atoms with Crippen LogP contribution < -0.4 is 5.73 Å². The topological polar surface area (TPSA) is 64.9 Å². The summed E-state index contributed by atoms with van der Waals surface area (Å²) in [5.41, 5.74) is 5.65. The first-order valence-electron chi connectivity index (χ1n) is 6.38. The van der Waals surface area contributed by atoms with Crippen LogP contribution in [0.1, 0.15) is 38.4 Å². The molecular weight excluding hydrogens is 259 g/mol. The molecule has 1 aromatic rings. The van der Waals surface area contributed by atoms with Gasteiger partial charge in [0, 0.05) is 12.8 Å². The van der Waals surface area contributed by atoms with Gasteiger partial charge in [0.25, 0.3) is 0 Å². The van der Waals surface area contributed by atoms with Crippen molar-refractivity contribution >= 4 is 0 Å². The number of aromatic nitrogens is 2. The Hall–Kier alpha value is -1.11. The molecule has 19 heavy (non-hydrogen) atoms. The zero-order valence-corrected chi connectivity index (χ0v) is 11.2. The molecule has 0 saturated carbocycles. The smallest absolute Gasteiger partial charge is 0.339 e. The molecule has 0 aliphatic carbocycles. The molecule has 110 valence electrons. The van der Waals surface area contributed by atoms with E-state index in [-0.39, 0.29) is 18.2 Å². The third-order valence-electron chi connectivity index (χ3n) is 2.74. The number of nitrogens with two attached hydrogens (primary N) is 1. The van der Waals surface area contributed by atoms with Crippen molar-refractivity contribution in [3.63, 3.8) is 0 Å². The lowest BCUT2D eigenvalue weighted by Gasteiger charge is -2.14. The molecule has 1 rings (SSSR count). The highest BCUT2D eigenvalue weighted by molar-refractivity contribution is 4.89. The van der Waals surface area contributed by atoms with Gasteiger partial charge in [-0.3, -0.25) is 0 Å². The van der Waals surface area contributed by atoms with Crippen LogP contribution in [0, 0.1) is 11.8 Å².